The summed E-state index contributed by atoms with van der Waals surface area (Å²) in [7, 11) is 0. The SMILES string of the molecule is O=COCc1ccc2scccc1-2. The summed E-state index contributed by atoms with van der Waals surface area (Å²) < 4.78 is 4.71. The Balaban J connectivity index is 2.32. The molecule has 0 N–H and O–H groups in total. The fourth-order valence-corrected chi connectivity index (χ4v) is 2.08. The Morgan fingerprint density at radius 2 is 2.31 bits per heavy atom. The lowest BCUT2D eigenvalue weighted by Gasteiger charge is -2.00. The third-order valence-electron chi connectivity index (χ3n) is 1.89. The molecule has 0 amide bonds. The third-order valence-corrected chi connectivity index (χ3v) is 2.79. The molecule has 66 valence electrons. The Bertz CT molecular complexity index is 381. The normalized spacial score (nSPS) is 10.2. The van der Waals surface area contributed by atoms with Crippen LogP contribution in [0.1, 0.15) is 5.56 Å². The van der Waals surface area contributed by atoms with Gasteiger partial charge in [-0.3, -0.25) is 4.79 Å². The van der Waals surface area contributed by atoms with E-state index < -0.39 is 0 Å². The van der Waals surface area contributed by atoms with Crippen LogP contribution < -0.4 is 0 Å². The monoisotopic (exact) mass is 192 g/mol. The molecular formula is C10H8O2S. The highest BCUT2D eigenvalue weighted by molar-refractivity contribution is 7.13. The smallest absolute Gasteiger partial charge is 0.293 e. The van der Waals surface area contributed by atoms with Gasteiger partial charge in [-0.25, -0.2) is 0 Å². The van der Waals surface area contributed by atoms with Gasteiger partial charge in [0.1, 0.15) is 6.61 Å². The van der Waals surface area contributed by atoms with Gasteiger partial charge in [0, 0.05) is 4.88 Å². The molecule has 1 aliphatic carbocycles. The molecule has 0 aromatic rings. The van der Waals surface area contributed by atoms with E-state index in [-0.39, 0.29) is 0 Å². The van der Waals surface area contributed by atoms with Crippen molar-refractivity contribution in [2.45, 2.75) is 6.61 Å². The maximum Gasteiger partial charge on any atom is 0.293 e. The molecule has 0 radical (unpaired) electrons. The van der Waals surface area contributed by atoms with Gasteiger partial charge in [-0.05, 0) is 22.6 Å². The van der Waals surface area contributed by atoms with E-state index in [4.69, 9.17) is 4.74 Å². The second kappa shape index (κ2) is 3.58. The van der Waals surface area contributed by atoms with Crippen LogP contribution in [0.2, 0.25) is 0 Å². The summed E-state index contributed by atoms with van der Waals surface area (Å²) in [6, 6.07) is 8.07. The van der Waals surface area contributed by atoms with Crippen LogP contribution in [0.25, 0.3) is 10.4 Å². The van der Waals surface area contributed by atoms with Gasteiger partial charge >= 0.3 is 0 Å². The van der Waals surface area contributed by atoms with Gasteiger partial charge in [0.15, 0.2) is 0 Å². The summed E-state index contributed by atoms with van der Waals surface area (Å²) in [5, 5.41) is 2.03. The van der Waals surface area contributed by atoms with Gasteiger partial charge in [-0.2, -0.15) is 0 Å². The van der Waals surface area contributed by atoms with Gasteiger partial charge in [0.2, 0.25) is 0 Å². The topological polar surface area (TPSA) is 26.3 Å². The van der Waals surface area contributed by atoms with Crippen molar-refractivity contribution in [3.8, 4) is 10.4 Å². The van der Waals surface area contributed by atoms with Crippen LogP contribution in [0.5, 0.6) is 0 Å². The van der Waals surface area contributed by atoms with Gasteiger partial charge in [-0.15, -0.1) is 11.3 Å². The Hall–Kier alpha value is -1.35. The highest BCUT2D eigenvalue weighted by Crippen LogP contribution is 2.31. The molecule has 0 saturated heterocycles. The Labute approximate surface area is 80.1 Å². The van der Waals surface area contributed by atoms with Crippen LogP contribution in [0.4, 0.5) is 0 Å². The minimum atomic E-state index is 0.365. The lowest BCUT2D eigenvalue weighted by atomic mass is 10.2. The number of carbonyl (C=O) groups is 1. The molecule has 1 aliphatic heterocycles. The molecule has 0 spiro atoms. The fourth-order valence-electron chi connectivity index (χ4n) is 1.30. The summed E-state index contributed by atoms with van der Waals surface area (Å²) in [6.07, 6.45) is 0. The number of ether oxygens (including phenoxy) is 1. The highest BCUT2D eigenvalue weighted by Gasteiger charge is 2.08. The van der Waals surface area contributed by atoms with Crippen LogP contribution in [0, 0.1) is 0 Å². The Morgan fingerprint density at radius 1 is 1.38 bits per heavy atom. The summed E-state index contributed by atoms with van der Waals surface area (Å²) >= 11 is 1.69. The van der Waals surface area contributed by atoms with E-state index >= 15 is 0 Å². The van der Waals surface area contributed by atoms with E-state index in [0.717, 1.165) is 5.56 Å². The summed E-state index contributed by atoms with van der Waals surface area (Å²) in [5.74, 6) is 0. The highest BCUT2D eigenvalue weighted by atomic mass is 32.1. The first kappa shape index (κ1) is 8.26. The second-order valence-electron chi connectivity index (χ2n) is 2.66. The van der Waals surface area contributed by atoms with Crippen molar-refractivity contribution in [3.63, 3.8) is 0 Å². The van der Waals surface area contributed by atoms with E-state index in [9.17, 15) is 4.79 Å². The molecule has 0 unspecified atom stereocenters. The number of rotatable bonds is 3. The van der Waals surface area contributed by atoms with Crippen molar-refractivity contribution < 1.29 is 9.53 Å². The fraction of sp³-hybridized carbons (Fsp3) is 0.100. The second-order valence-corrected chi connectivity index (χ2v) is 3.60. The lowest BCUT2D eigenvalue weighted by molar-refractivity contribution is -0.129. The molecular weight excluding hydrogens is 184 g/mol. The van der Waals surface area contributed by atoms with Crippen LogP contribution in [-0.4, -0.2) is 6.47 Å². The Kier molecular flexibility index (Phi) is 2.27. The van der Waals surface area contributed by atoms with Crippen molar-refractivity contribution >= 4 is 17.8 Å². The minimum absolute atomic E-state index is 0.365. The first-order valence-corrected chi connectivity index (χ1v) is 4.80. The molecule has 2 rings (SSSR count). The first-order valence-electron chi connectivity index (χ1n) is 3.92. The van der Waals surface area contributed by atoms with Crippen molar-refractivity contribution in [2.75, 3.05) is 0 Å². The Morgan fingerprint density at radius 3 is 3.15 bits per heavy atom. The number of carbonyl (C=O) groups excluding carboxylic acids is 1. The maximum absolute atomic E-state index is 10.0. The predicted molar refractivity (Wildman–Crippen MR) is 51.8 cm³/mol. The van der Waals surface area contributed by atoms with Gasteiger partial charge in [0.25, 0.3) is 6.47 Å². The van der Waals surface area contributed by atoms with Crippen LogP contribution in [0.15, 0.2) is 29.6 Å². The molecule has 0 atom stereocenters. The molecule has 0 aromatic heterocycles. The zero-order chi connectivity index (χ0) is 9.10. The zero-order valence-electron chi connectivity index (χ0n) is 6.90. The largest absolute Gasteiger partial charge is 0.463 e. The third kappa shape index (κ3) is 1.55. The summed E-state index contributed by atoms with van der Waals surface area (Å²) in [6.45, 7) is 0.842. The van der Waals surface area contributed by atoms with Gasteiger partial charge < -0.3 is 4.74 Å². The van der Waals surface area contributed by atoms with E-state index in [2.05, 4.69) is 0 Å². The molecule has 13 heavy (non-hydrogen) atoms. The zero-order valence-corrected chi connectivity index (χ0v) is 7.71. The van der Waals surface area contributed by atoms with Crippen LogP contribution in [-0.2, 0) is 16.1 Å². The van der Waals surface area contributed by atoms with Crippen molar-refractivity contribution in [1.29, 1.82) is 0 Å². The predicted octanol–water partition coefficient (Wildman–Crippen LogP) is 2.53. The molecule has 0 bridgehead atoms. The lowest BCUT2D eigenvalue weighted by Crippen LogP contribution is -1.88. The van der Waals surface area contributed by atoms with E-state index in [1.54, 1.807) is 11.3 Å². The van der Waals surface area contributed by atoms with E-state index in [1.165, 1.54) is 10.4 Å². The van der Waals surface area contributed by atoms with Crippen LogP contribution in [0.3, 0.4) is 0 Å². The standard InChI is InChI=1S/C10H8O2S/c11-7-12-6-8-3-4-10-9(8)2-1-5-13-10/h1-5,7H,6H2. The number of hydrogen-bond acceptors (Lipinski definition) is 3. The average molecular weight is 192 g/mol. The van der Waals surface area contributed by atoms with Gasteiger partial charge in [0.05, 0.1) is 0 Å². The van der Waals surface area contributed by atoms with Crippen molar-refractivity contribution in [3.05, 3.63) is 35.2 Å². The average Bonchev–Trinajstić information content (AvgIpc) is 2.58. The summed E-state index contributed by atoms with van der Waals surface area (Å²) in [5.41, 5.74) is 2.24. The molecule has 0 aromatic carbocycles. The van der Waals surface area contributed by atoms with Crippen molar-refractivity contribution in [1.82, 2.24) is 0 Å². The van der Waals surface area contributed by atoms with E-state index in [1.807, 2.05) is 29.6 Å². The molecule has 3 heteroatoms. The molecule has 1 heterocycles. The molecule has 2 nitrogen and oxygen atoms in total. The number of fused-ring (bicyclic) bond motifs is 1. The molecule has 2 aliphatic rings. The quantitative estimate of drug-likeness (QED) is 0.698. The molecule has 0 saturated carbocycles. The molecule has 0 fully saturated rings. The number of hydrogen-bond donors (Lipinski definition) is 0. The van der Waals surface area contributed by atoms with Gasteiger partial charge in [-0.1, -0.05) is 18.2 Å². The first-order chi connectivity index (χ1) is 6.42. The minimum Gasteiger partial charge on any atom is -0.463 e. The summed E-state index contributed by atoms with van der Waals surface area (Å²) in [4.78, 5) is 11.2. The maximum atomic E-state index is 10.0. The van der Waals surface area contributed by atoms with E-state index in [0.29, 0.717) is 13.1 Å². The van der Waals surface area contributed by atoms with Crippen molar-refractivity contribution in [2.24, 2.45) is 0 Å². The van der Waals surface area contributed by atoms with Crippen LogP contribution >= 0.6 is 11.3 Å².